The molecule has 22 heavy (non-hydrogen) atoms. The lowest BCUT2D eigenvalue weighted by atomic mass is 10.2. The molecule has 0 unspecified atom stereocenters. The first-order valence-electron chi connectivity index (χ1n) is 7.62. The smallest absolute Gasteiger partial charge is 0.208 e. The largest absolute Gasteiger partial charge is 0.444 e. The molecule has 1 saturated heterocycles. The Hall–Kier alpha value is -1.99. The minimum absolute atomic E-state index is 0.122. The molecular formula is C15H21N5O2. The quantitative estimate of drug-likeness (QED) is 0.863. The van der Waals surface area contributed by atoms with Gasteiger partial charge in [0, 0.05) is 32.3 Å². The van der Waals surface area contributed by atoms with Crippen molar-refractivity contribution in [1.82, 2.24) is 20.1 Å². The van der Waals surface area contributed by atoms with E-state index in [9.17, 15) is 0 Å². The summed E-state index contributed by atoms with van der Waals surface area (Å²) in [6.07, 6.45) is 4.46. The second-order valence-corrected chi connectivity index (χ2v) is 5.29. The lowest BCUT2D eigenvalue weighted by Gasteiger charge is -2.32. The molecule has 1 aliphatic heterocycles. The van der Waals surface area contributed by atoms with Gasteiger partial charge in [-0.2, -0.15) is 5.10 Å². The van der Waals surface area contributed by atoms with Gasteiger partial charge in [0.2, 0.25) is 5.89 Å². The Morgan fingerprint density at radius 2 is 2.41 bits per heavy atom. The van der Waals surface area contributed by atoms with Crippen LogP contribution in [0.2, 0.25) is 0 Å². The number of morpholine rings is 1. The van der Waals surface area contributed by atoms with Gasteiger partial charge in [0.15, 0.2) is 0 Å². The molecule has 0 spiro atoms. The van der Waals surface area contributed by atoms with E-state index in [4.69, 9.17) is 9.15 Å². The van der Waals surface area contributed by atoms with Crippen LogP contribution in [-0.2, 0) is 17.7 Å². The number of hydrogen-bond donors (Lipinski definition) is 1. The Labute approximate surface area is 129 Å². The molecule has 3 heterocycles. The van der Waals surface area contributed by atoms with Crippen LogP contribution >= 0.6 is 0 Å². The third-order valence-electron chi connectivity index (χ3n) is 3.61. The number of nitrogens with zero attached hydrogens (tertiary/aromatic N) is 4. The van der Waals surface area contributed by atoms with Gasteiger partial charge >= 0.3 is 0 Å². The first-order chi connectivity index (χ1) is 10.8. The van der Waals surface area contributed by atoms with Crippen LogP contribution in [0.3, 0.4) is 0 Å². The number of anilines is 1. The van der Waals surface area contributed by atoms with Gasteiger partial charge in [-0.05, 0) is 12.1 Å². The van der Waals surface area contributed by atoms with Crippen molar-refractivity contribution in [1.29, 1.82) is 0 Å². The molecule has 0 aliphatic carbocycles. The van der Waals surface area contributed by atoms with Crippen LogP contribution < -0.4 is 5.32 Å². The first-order valence-corrected chi connectivity index (χ1v) is 7.62. The highest BCUT2D eigenvalue weighted by Crippen LogP contribution is 2.12. The maximum absolute atomic E-state index is 5.79. The molecule has 2 aromatic rings. The number of aryl methyl sites for hydroxylation is 1. The van der Waals surface area contributed by atoms with Crippen LogP contribution in [0.1, 0.15) is 18.6 Å². The van der Waals surface area contributed by atoms with Crippen molar-refractivity contribution < 1.29 is 9.15 Å². The van der Waals surface area contributed by atoms with Crippen LogP contribution in [0.25, 0.3) is 0 Å². The molecule has 0 bridgehead atoms. The van der Waals surface area contributed by atoms with Crippen LogP contribution in [0.5, 0.6) is 0 Å². The summed E-state index contributed by atoms with van der Waals surface area (Å²) >= 11 is 0. The highest BCUT2D eigenvalue weighted by molar-refractivity contribution is 5.31. The molecule has 118 valence electrons. The minimum Gasteiger partial charge on any atom is -0.444 e. The van der Waals surface area contributed by atoms with E-state index in [0.29, 0.717) is 13.2 Å². The van der Waals surface area contributed by atoms with E-state index in [1.54, 1.807) is 6.20 Å². The Kier molecular flexibility index (Phi) is 4.97. The summed E-state index contributed by atoms with van der Waals surface area (Å²) in [5, 5.41) is 11.1. The minimum atomic E-state index is 0.122. The van der Waals surface area contributed by atoms with Crippen molar-refractivity contribution >= 4 is 5.82 Å². The van der Waals surface area contributed by atoms with Crippen molar-refractivity contribution in [3.63, 3.8) is 0 Å². The third kappa shape index (κ3) is 4.02. The molecular weight excluding hydrogens is 282 g/mol. The van der Waals surface area contributed by atoms with E-state index in [1.165, 1.54) is 0 Å². The first kappa shape index (κ1) is 14.9. The summed E-state index contributed by atoms with van der Waals surface area (Å²) in [6, 6.07) is 3.75. The number of ether oxygens (including phenoxy) is 1. The van der Waals surface area contributed by atoms with Gasteiger partial charge in [-0.15, -0.1) is 5.10 Å². The van der Waals surface area contributed by atoms with Crippen LogP contribution in [-0.4, -0.2) is 52.4 Å². The molecule has 1 atom stereocenters. The zero-order valence-corrected chi connectivity index (χ0v) is 12.7. The SMILES string of the molecule is CCc1cnc(CN2CCO[C@H](CNc3cccnn3)C2)o1. The van der Waals surface area contributed by atoms with Gasteiger partial charge in [0.25, 0.3) is 0 Å². The van der Waals surface area contributed by atoms with Crippen molar-refractivity contribution in [2.45, 2.75) is 26.0 Å². The fraction of sp³-hybridized carbons (Fsp3) is 0.533. The zero-order valence-electron chi connectivity index (χ0n) is 12.7. The topological polar surface area (TPSA) is 76.3 Å². The number of aromatic nitrogens is 3. The van der Waals surface area contributed by atoms with Crippen LogP contribution in [0, 0.1) is 0 Å². The molecule has 2 aromatic heterocycles. The average molecular weight is 303 g/mol. The maximum Gasteiger partial charge on any atom is 0.208 e. The van der Waals surface area contributed by atoms with Crippen molar-refractivity contribution in [3.8, 4) is 0 Å². The molecule has 0 amide bonds. The summed E-state index contributed by atoms with van der Waals surface area (Å²) in [7, 11) is 0. The monoisotopic (exact) mass is 303 g/mol. The Morgan fingerprint density at radius 3 is 3.18 bits per heavy atom. The standard InChI is InChI=1S/C15H21N5O2/c1-2-12-8-17-15(22-12)11-20-6-7-21-13(10-20)9-16-14-4-3-5-18-19-14/h3-5,8,13H,2,6-7,9-11H2,1H3,(H,16,19)/t13-/m1/s1. The molecule has 1 aliphatic rings. The number of rotatable bonds is 6. The summed E-state index contributed by atoms with van der Waals surface area (Å²) in [5.74, 6) is 2.48. The molecule has 0 radical (unpaired) electrons. The highest BCUT2D eigenvalue weighted by Gasteiger charge is 2.21. The van der Waals surface area contributed by atoms with Crippen molar-refractivity contribution in [3.05, 3.63) is 36.2 Å². The molecule has 1 N–H and O–H groups in total. The number of hydrogen-bond acceptors (Lipinski definition) is 7. The fourth-order valence-corrected chi connectivity index (χ4v) is 2.44. The molecule has 0 aromatic carbocycles. The molecule has 1 fully saturated rings. The molecule has 0 saturated carbocycles. The predicted octanol–water partition coefficient (Wildman–Crippen LogP) is 1.34. The van der Waals surface area contributed by atoms with Gasteiger partial charge in [0.1, 0.15) is 11.6 Å². The lowest BCUT2D eigenvalue weighted by Crippen LogP contribution is -2.44. The van der Waals surface area contributed by atoms with Gasteiger partial charge < -0.3 is 14.5 Å². The summed E-state index contributed by atoms with van der Waals surface area (Å²) in [4.78, 5) is 6.62. The van der Waals surface area contributed by atoms with Crippen LogP contribution in [0.15, 0.2) is 28.9 Å². The highest BCUT2D eigenvalue weighted by atomic mass is 16.5. The number of oxazole rings is 1. The van der Waals surface area contributed by atoms with E-state index in [0.717, 1.165) is 43.5 Å². The van der Waals surface area contributed by atoms with E-state index in [-0.39, 0.29) is 6.10 Å². The van der Waals surface area contributed by atoms with Gasteiger partial charge in [0.05, 0.1) is 25.5 Å². The van der Waals surface area contributed by atoms with E-state index in [2.05, 4.69) is 32.3 Å². The number of nitrogens with one attached hydrogen (secondary N) is 1. The molecule has 7 nitrogen and oxygen atoms in total. The Balaban J connectivity index is 1.48. The summed E-state index contributed by atoms with van der Waals surface area (Å²) < 4.78 is 11.5. The average Bonchev–Trinajstić information content (AvgIpc) is 3.02. The van der Waals surface area contributed by atoms with Gasteiger partial charge in [-0.25, -0.2) is 4.98 Å². The van der Waals surface area contributed by atoms with Gasteiger partial charge in [-0.1, -0.05) is 6.92 Å². The second-order valence-electron chi connectivity index (χ2n) is 5.29. The third-order valence-corrected chi connectivity index (χ3v) is 3.61. The zero-order chi connectivity index (χ0) is 15.2. The molecule has 7 heteroatoms. The van der Waals surface area contributed by atoms with E-state index >= 15 is 0 Å². The fourth-order valence-electron chi connectivity index (χ4n) is 2.44. The van der Waals surface area contributed by atoms with Crippen LogP contribution in [0.4, 0.5) is 5.82 Å². The van der Waals surface area contributed by atoms with E-state index < -0.39 is 0 Å². The second kappa shape index (κ2) is 7.33. The Bertz CT molecular complexity index is 574. The van der Waals surface area contributed by atoms with Crippen molar-refractivity contribution in [2.24, 2.45) is 0 Å². The maximum atomic E-state index is 5.79. The normalized spacial score (nSPS) is 19.2. The summed E-state index contributed by atoms with van der Waals surface area (Å²) in [6.45, 7) is 5.95. The predicted molar refractivity (Wildman–Crippen MR) is 81.4 cm³/mol. The molecule has 3 rings (SSSR count). The summed E-state index contributed by atoms with van der Waals surface area (Å²) in [5.41, 5.74) is 0. The Morgan fingerprint density at radius 1 is 1.45 bits per heavy atom. The van der Waals surface area contributed by atoms with E-state index in [1.807, 2.05) is 18.3 Å². The van der Waals surface area contributed by atoms with Gasteiger partial charge in [-0.3, -0.25) is 4.90 Å². The lowest BCUT2D eigenvalue weighted by molar-refractivity contribution is -0.0265. The van der Waals surface area contributed by atoms with Crippen molar-refractivity contribution in [2.75, 3.05) is 31.6 Å².